The van der Waals surface area contributed by atoms with Crippen LogP contribution in [0.3, 0.4) is 0 Å². The van der Waals surface area contributed by atoms with Crippen molar-refractivity contribution in [3.05, 3.63) is 12.2 Å². The standard InChI is InChI=1S/C23H42O4/c1-4-6-8-9-10-11-12-13-14-15-16-20-26-22(24)18-19-23(25)27-21(3)17-7-5-2/h18-19,21H,4-17,20H2,1-3H3/b19-18+. The fourth-order valence-electron chi connectivity index (χ4n) is 2.91. The minimum atomic E-state index is -0.481. The molecule has 0 aliphatic carbocycles. The molecule has 4 nitrogen and oxygen atoms in total. The molecule has 0 aliphatic heterocycles. The molecule has 0 spiro atoms. The zero-order chi connectivity index (χ0) is 20.2. The third kappa shape index (κ3) is 19.3. The smallest absolute Gasteiger partial charge is 0.331 e. The number of hydrogen-bond donors (Lipinski definition) is 0. The molecule has 0 saturated carbocycles. The van der Waals surface area contributed by atoms with Crippen LogP contribution in [0, 0.1) is 0 Å². The van der Waals surface area contributed by atoms with Gasteiger partial charge in [-0.2, -0.15) is 0 Å². The summed E-state index contributed by atoms with van der Waals surface area (Å²) >= 11 is 0. The number of hydrogen-bond acceptors (Lipinski definition) is 4. The normalized spacial score (nSPS) is 12.3. The van der Waals surface area contributed by atoms with Crippen molar-refractivity contribution < 1.29 is 19.1 Å². The van der Waals surface area contributed by atoms with Gasteiger partial charge in [0.05, 0.1) is 12.7 Å². The molecule has 0 radical (unpaired) electrons. The van der Waals surface area contributed by atoms with E-state index < -0.39 is 11.9 Å². The Balaban J connectivity index is 3.49. The quantitative estimate of drug-likeness (QED) is 0.154. The van der Waals surface area contributed by atoms with Gasteiger partial charge in [0.1, 0.15) is 0 Å². The van der Waals surface area contributed by atoms with Gasteiger partial charge in [-0.1, -0.05) is 90.9 Å². The molecule has 27 heavy (non-hydrogen) atoms. The summed E-state index contributed by atoms with van der Waals surface area (Å²) in [6, 6.07) is 0. The van der Waals surface area contributed by atoms with E-state index in [1.165, 1.54) is 57.8 Å². The summed E-state index contributed by atoms with van der Waals surface area (Å²) in [5.74, 6) is -0.953. The van der Waals surface area contributed by atoms with Crippen molar-refractivity contribution in [3.8, 4) is 0 Å². The van der Waals surface area contributed by atoms with Crippen LogP contribution in [-0.4, -0.2) is 24.6 Å². The molecule has 0 bridgehead atoms. The highest BCUT2D eigenvalue weighted by molar-refractivity contribution is 5.91. The fraction of sp³-hybridized carbons (Fsp3) is 0.826. The number of rotatable bonds is 18. The van der Waals surface area contributed by atoms with Crippen LogP contribution >= 0.6 is 0 Å². The van der Waals surface area contributed by atoms with E-state index in [-0.39, 0.29) is 6.10 Å². The molecule has 0 aliphatic rings. The van der Waals surface area contributed by atoms with Gasteiger partial charge in [0.15, 0.2) is 0 Å². The largest absolute Gasteiger partial charge is 0.463 e. The Morgan fingerprint density at radius 2 is 1.19 bits per heavy atom. The summed E-state index contributed by atoms with van der Waals surface area (Å²) in [5, 5.41) is 0. The van der Waals surface area contributed by atoms with E-state index in [9.17, 15) is 9.59 Å². The van der Waals surface area contributed by atoms with Gasteiger partial charge in [-0.05, 0) is 19.8 Å². The number of esters is 2. The van der Waals surface area contributed by atoms with Crippen LogP contribution < -0.4 is 0 Å². The van der Waals surface area contributed by atoms with Gasteiger partial charge >= 0.3 is 11.9 Å². The Morgan fingerprint density at radius 1 is 0.704 bits per heavy atom. The first-order valence-electron chi connectivity index (χ1n) is 11.2. The zero-order valence-corrected chi connectivity index (χ0v) is 18.0. The average molecular weight is 383 g/mol. The Hall–Kier alpha value is -1.32. The lowest BCUT2D eigenvalue weighted by molar-refractivity contribution is -0.143. The van der Waals surface area contributed by atoms with Crippen LogP contribution in [-0.2, 0) is 19.1 Å². The molecule has 0 rings (SSSR count). The van der Waals surface area contributed by atoms with E-state index in [1.807, 2.05) is 6.92 Å². The summed E-state index contributed by atoms with van der Waals surface area (Å²) < 4.78 is 10.3. The first-order valence-corrected chi connectivity index (χ1v) is 11.2. The Labute approximate surface area is 167 Å². The van der Waals surface area contributed by atoms with Crippen LogP contribution in [0.5, 0.6) is 0 Å². The van der Waals surface area contributed by atoms with Gasteiger partial charge in [0.2, 0.25) is 0 Å². The molecule has 0 aromatic rings. The summed E-state index contributed by atoms with van der Waals surface area (Å²) in [6.45, 7) is 6.63. The third-order valence-corrected chi connectivity index (χ3v) is 4.63. The summed E-state index contributed by atoms with van der Waals surface area (Å²) in [4.78, 5) is 23.1. The second-order valence-electron chi connectivity index (χ2n) is 7.43. The number of carbonyl (C=O) groups excluding carboxylic acids is 2. The predicted molar refractivity (Wildman–Crippen MR) is 112 cm³/mol. The van der Waals surface area contributed by atoms with Crippen molar-refractivity contribution in [2.75, 3.05) is 6.61 Å². The van der Waals surface area contributed by atoms with Crippen molar-refractivity contribution in [2.45, 2.75) is 117 Å². The highest BCUT2D eigenvalue weighted by Gasteiger charge is 2.07. The molecule has 0 N–H and O–H groups in total. The highest BCUT2D eigenvalue weighted by Crippen LogP contribution is 2.11. The summed E-state index contributed by atoms with van der Waals surface area (Å²) in [5.41, 5.74) is 0. The minimum absolute atomic E-state index is 0.116. The van der Waals surface area contributed by atoms with Gasteiger partial charge in [0.25, 0.3) is 0 Å². The molecule has 0 aromatic carbocycles. The van der Waals surface area contributed by atoms with Gasteiger partial charge in [0, 0.05) is 12.2 Å². The molecule has 1 atom stereocenters. The van der Waals surface area contributed by atoms with Crippen molar-refractivity contribution in [1.82, 2.24) is 0 Å². The maximum absolute atomic E-state index is 11.6. The molecule has 1 unspecified atom stereocenters. The molecular formula is C23H42O4. The maximum atomic E-state index is 11.6. The second-order valence-corrected chi connectivity index (χ2v) is 7.43. The third-order valence-electron chi connectivity index (χ3n) is 4.63. The SMILES string of the molecule is CCCCCCCCCCCCCOC(=O)/C=C/C(=O)OC(C)CCCC. The molecule has 0 saturated heterocycles. The van der Waals surface area contributed by atoms with Gasteiger partial charge in [-0.15, -0.1) is 0 Å². The first-order chi connectivity index (χ1) is 13.1. The number of ether oxygens (including phenoxy) is 2. The zero-order valence-electron chi connectivity index (χ0n) is 18.0. The number of unbranched alkanes of at least 4 members (excludes halogenated alkanes) is 11. The van der Waals surface area contributed by atoms with Crippen LogP contribution in [0.25, 0.3) is 0 Å². The van der Waals surface area contributed by atoms with E-state index in [0.717, 1.165) is 44.3 Å². The van der Waals surface area contributed by atoms with E-state index in [4.69, 9.17) is 9.47 Å². The molecule has 0 amide bonds. The van der Waals surface area contributed by atoms with Crippen molar-refractivity contribution >= 4 is 11.9 Å². The lowest BCUT2D eigenvalue weighted by Crippen LogP contribution is -2.13. The fourth-order valence-corrected chi connectivity index (χ4v) is 2.91. The van der Waals surface area contributed by atoms with E-state index in [0.29, 0.717) is 6.61 Å². The van der Waals surface area contributed by atoms with Gasteiger partial charge < -0.3 is 9.47 Å². The molecule has 158 valence electrons. The Kier molecular flexibility index (Phi) is 18.5. The van der Waals surface area contributed by atoms with Crippen LogP contribution in [0.15, 0.2) is 12.2 Å². The van der Waals surface area contributed by atoms with Crippen molar-refractivity contribution in [3.63, 3.8) is 0 Å². The first kappa shape index (κ1) is 25.7. The van der Waals surface area contributed by atoms with E-state index >= 15 is 0 Å². The van der Waals surface area contributed by atoms with Crippen molar-refractivity contribution in [2.24, 2.45) is 0 Å². The molecule has 0 aromatic heterocycles. The van der Waals surface area contributed by atoms with Crippen LogP contribution in [0.2, 0.25) is 0 Å². The predicted octanol–water partition coefficient (Wildman–Crippen LogP) is 6.52. The van der Waals surface area contributed by atoms with Crippen molar-refractivity contribution in [1.29, 1.82) is 0 Å². The second kappa shape index (κ2) is 19.4. The number of carbonyl (C=O) groups is 2. The molecule has 4 heteroatoms. The topological polar surface area (TPSA) is 52.6 Å². The van der Waals surface area contributed by atoms with E-state index in [1.54, 1.807) is 0 Å². The average Bonchev–Trinajstić information content (AvgIpc) is 2.65. The lowest BCUT2D eigenvalue weighted by atomic mass is 10.1. The maximum Gasteiger partial charge on any atom is 0.331 e. The minimum Gasteiger partial charge on any atom is -0.463 e. The summed E-state index contributed by atoms with van der Waals surface area (Å²) in [7, 11) is 0. The molecular weight excluding hydrogens is 340 g/mol. The molecule has 0 fully saturated rings. The highest BCUT2D eigenvalue weighted by atomic mass is 16.5. The molecule has 0 heterocycles. The van der Waals surface area contributed by atoms with Crippen LogP contribution in [0.4, 0.5) is 0 Å². The summed E-state index contributed by atoms with van der Waals surface area (Å²) in [6.07, 6.45) is 19.0. The van der Waals surface area contributed by atoms with Gasteiger partial charge in [-0.25, -0.2) is 9.59 Å². The lowest BCUT2D eigenvalue weighted by Gasteiger charge is -2.10. The van der Waals surface area contributed by atoms with Gasteiger partial charge in [-0.3, -0.25) is 0 Å². The van der Waals surface area contributed by atoms with E-state index in [2.05, 4.69) is 13.8 Å². The monoisotopic (exact) mass is 382 g/mol. The Morgan fingerprint density at radius 3 is 1.74 bits per heavy atom. The Bertz CT molecular complexity index is 390. The van der Waals surface area contributed by atoms with Crippen LogP contribution in [0.1, 0.15) is 111 Å².